The Hall–Kier alpha value is -1.02. The number of amides is 1. The fourth-order valence-electron chi connectivity index (χ4n) is 4.09. The molecule has 1 aliphatic carbocycles. The van der Waals surface area contributed by atoms with Crippen molar-refractivity contribution in [2.45, 2.75) is 44.5 Å². The highest BCUT2D eigenvalue weighted by molar-refractivity contribution is 6.31. The highest BCUT2D eigenvalue weighted by Crippen LogP contribution is 2.57. The van der Waals surface area contributed by atoms with Crippen molar-refractivity contribution < 1.29 is 22.7 Å². The normalized spacial score (nSPS) is 29.8. The zero-order valence-electron chi connectivity index (χ0n) is 14.3. The van der Waals surface area contributed by atoms with Crippen LogP contribution in [0.5, 0.6) is 0 Å². The highest BCUT2D eigenvalue weighted by Gasteiger charge is 2.70. The molecule has 1 aliphatic heterocycles. The smallest absolute Gasteiger partial charge is 0.377 e. The van der Waals surface area contributed by atoms with Crippen LogP contribution >= 0.6 is 24.0 Å². The summed E-state index contributed by atoms with van der Waals surface area (Å²) >= 11 is 5.61. The third-order valence-electron chi connectivity index (χ3n) is 5.59. The summed E-state index contributed by atoms with van der Waals surface area (Å²) in [6, 6.07) is 3.27. The molecule has 4 nitrogen and oxygen atoms in total. The highest BCUT2D eigenvalue weighted by atomic mass is 35.5. The van der Waals surface area contributed by atoms with Gasteiger partial charge >= 0.3 is 6.18 Å². The molecule has 1 aromatic rings. The lowest BCUT2D eigenvalue weighted by Gasteiger charge is -2.65. The third-order valence-corrected chi connectivity index (χ3v) is 5.92. The van der Waals surface area contributed by atoms with Gasteiger partial charge in [-0.15, -0.1) is 12.4 Å². The quantitative estimate of drug-likeness (QED) is 0.762. The summed E-state index contributed by atoms with van der Waals surface area (Å²) in [6.07, 6.45) is -3.15. The Labute approximate surface area is 161 Å². The Bertz CT molecular complexity index is 712. The van der Waals surface area contributed by atoms with E-state index >= 15 is 0 Å². The first-order valence-corrected chi connectivity index (χ1v) is 8.46. The second-order valence-corrected chi connectivity index (χ2v) is 7.68. The molecule has 146 valence electrons. The van der Waals surface area contributed by atoms with Crippen LogP contribution in [0.4, 0.5) is 18.9 Å². The fourth-order valence-corrected chi connectivity index (χ4v) is 4.32. The molecule has 1 saturated carbocycles. The number of hydrogen-bond acceptors (Lipinski definition) is 3. The summed E-state index contributed by atoms with van der Waals surface area (Å²) in [5, 5.41) is 2.12. The van der Waals surface area contributed by atoms with Gasteiger partial charge in [0.05, 0.1) is 16.7 Å². The molecule has 0 radical (unpaired) electrons. The number of alkyl halides is 3. The molecule has 0 bridgehead atoms. The maximum atomic E-state index is 13.0. The molecule has 0 aromatic heterocycles. The number of benzene rings is 1. The molecule has 1 saturated heterocycles. The Kier molecular flexibility index (Phi) is 5.61. The average molecular weight is 413 g/mol. The standard InChI is InChI=1S/C17H20ClF3N2O2.ClH/c1-15(2)13-10(4-3-7-25-13)16(15,22)14(24)23-9-5-6-12(18)11(8-9)17(19,20)21;/h5-6,8,10,13H,3-4,7,22H2,1-2H3,(H,23,24);1H. The van der Waals surface area contributed by atoms with E-state index in [9.17, 15) is 18.0 Å². The van der Waals surface area contributed by atoms with Crippen molar-refractivity contribution in [3.63, 3.8) is 0 Å². The van der Waals surface area contributed by atoms with Gasteiger partial charge in [0.1, 0.15) is 5.54 Å². The summed E-state index contributed by atoms with van der Waals surface area (Å²) in [6.45, 7) is 4.33. The van der Waals surface area contributed by atoms with Crippen LogP contribution in [0.15, 0.2) is 18.2 Å². The lowest BCUT2D eigenvalue weighted by atomic mass is 9.46. The van der Waals surface area contributed by atoms with E-state index in [0.29, 0.717) is 6.61 Å². The number of nitrogens with one attached hydrogen (secondary N) is 1. The Morgan fingerprint density at radius 2 is 2.04 bits per heavy atom. The molecule has 3 N–H and O–H groups in total. The number of fused-ring (bicyclic) bond motifs is 1. The molecule has 0 spiro atoms. The van der Waals surface area contributed by atoms with Crippen LogP contribution in [0.1, 0.15) is 32.3 Å². The summed E-state index contributed by atoms with van der Waals surface area (Å²) in [5.74, 6) is -0.648. The van der Waals surface area contributed by atoms with E-state index in [4.69, 9.17) is 22.1 Å². The molecule has 2 aliphatic rings. The molecule has 1 heterocycles. The van der Waals surface area contributed by atoms with Crippen LogP contribution in [0.25, 0.3) is 0 Å². The molecular formula is C17H21Cl2F3N2O2. The molecule has 1 amide bonds. The first kappa shape index (κ1) is 21.3. The van der Waals surface area contributed by atoms with Gasteiger partial charge in [-0.05, 0) is 31.0 Å². The first-order valence-electron chi connectivity index (χ1n) is 8.08. The van der Waals surface area contributed by atoms with Gasteiger partial charge in [0.25, 0.3) is 0 Å². The molecule has 2 fully saturated rings. The summed E-state index contributed by atoms with van der Waals surface area (Å²) in [7, 11) is 0. The number of carbonyl (C=O) groups excluding carboxylic acids is 1. The fraction of sp³-hybridized carbons (Fsp3) is 0.588. The number of ether oxygens (including phenoxy) is 1. The van der Waals surface area contributed by atoms with Gasteiger partial charge in [0.15, 0.2) is 0 Å². The van der Waals surface area contributed by atoms with Crippen LogP contribution in [0.2, 0.25) is 5.02 Å². The van der Waals surface area contributed by atoms with Crippen LogP contribution in [0, 0.1) is 11.3 Å². The maximum Gasteiger partial charge on any atom is 0.417 e. The second kappa shape index (κ2) is 6.86. The summed E-state index contributed by atoms with van der Waals surface area (Å²) in [5.41, 5.74) is 3.65. The van der Waals surface area contributed by atoms with Crippen LogP contribution in [-0.2, 0) is 15.7 Å². The zero-order chi connectivity index (χ0) is 18.6. The van der Waals surface area contributed by atoms with Crippen molar-refractivity contribution >= 4 is 35.6 Å². The number of anilines is 1. The number of rotatable bonds is 2. The van der Waals surface area contributed by atoms with Gasteiger partial charge in [-0.25, -0.2) is 0 Å². The Morgan fingerprint density at radius 1 is 1.38 bits per heavy atom. The lowest BCUT2D eigenvalue weighted by molar-refractivity contribution is -0.222. The molecule has 1 aromatic carbocycles. The van der Waals surface area contributed by atoms with Gasteiger partial charge < -0.3 is 15.8 Å². The zero-order valence-corrected chi connectivity index (χ0v) is 15.9. The van der Waals surface area contributed by atoms with E-state index in [0.717, 1.165) is 25.0 Å². The molecule has 9 heteroatoms. The van der Waals surface area contributed by atoms with Crippen LogP contribution in [-0.4, -0.2) is 24.2 Å². The van der Waals surface area contributed by atoms with Crippen LogP contribution < -0.4 is 11.1 Å². The van der Waals surface area contributed by atoms with Gasteiger partial charge in [-0.1, -0.05) is 25.4 Å². The minimum atomic E-state index is -4.60. The van der Waals surface area contributed by atoms with E-state index in [1.807, 2.05) is 13.8 Å². The number of nitrogens with two attached hydrogens (primary N) is 1. The number of halogens is 5. The van der Waals surface area contributed by atoms with E-state index in [2.05, 4.69) is 5.32 Å². The molecular weight excluding hydrogens is 392 g/mol. The van der Waals surface area contributed by atoms with Crippen molar-refractivity contribution in [1.82, 2.24) is 0 Å². The van der Waals surface area contributed by atoms with E-state index in [1.165, 1.54) is 6.07 Å². The number of hydrogen-bond donors (Lipinski definition) is 2. The number of carbonyl (C=O) groups is 1. The average Bonchev–Trinajstić information content (AvgIpc) is 2.54. The monoisotopic (exact) mass is 412 g/mol. The molecule has 3 rings (SSSR count). The maximum absolute atomic E-state index is 13.0. The lowest BCUT2D eigenvalue weighted by Crippen LogP contribution is -2.81. The van der Waals surface area contributed by atoms with Crippen molar-refractivity contribution in [1.29, 1.82) is 0 Å². The van der Waals surface area contributed by atoms with Gasteiger partial charge in [-0.3, -0.25) is 4.79 Å². The van der Waals surface area contributed by atoms with Gasteiger partial charge in [-0.2, -0.15) is 13.2 Å². The van der Waals surface area contributed by atoms with Crippen LogP contribution in [0.3, 0.4) is 0 Å². The summed E-state index contributed by atoms with van der Waals surface area (Å²) in [4.78, 5) is 12.8. The topological polar surface area (TPSA) is 64.3 Å². The Balaban J connectivity index is 0.00000243. The minimum absolute atomic E-state index is 0. The molecule has 3 atom stereocenters. The van der Waals surface area contributed by atoms with E-state index < -0.39 is 33.6 Å². The first-order chi connectivity index (χ1) is 11.5. The third kappa shape index (κ3) is 3.09. The van der Waals surface area contributed by atoms with Crippen molar-refractivity contribution in [2.75, 3.05) is 11.9 Å². The second-order valence-electron chi connectivity index (χ2n) is 7.28. The van der Waals surface area contributed by atoms with Gasteiger partial charge in [0.2, 0.25) is 5.91 Å². The predicted molar refractivity (Wildman–Crippen MR) is 95.5 cm³/mol. The van der Waals surface area contributed by atoms with Crippen molar-refractivity contribution in [2.24, 2.45) is 17.1 Å². The predicted octanol–water partition coefficient (Wildman–Crippen LogP) is 4.25. The minimum Gasteiger partial charge on any atom is -0.377 e. The largest absolute Gasteiger partial charge is 0.417 e. The molecule has 3 unspecified atom stereocenters. The molecule has 26 heavy (non-hydrogen) atoms. The van der Waals surface area contributed by atoms with Crippen molar-refractivity contribution in [3.05, 3.63) is 28.8 Å². The van der Waals surface area contributed by atoms with E-state index in [1.54, 1.807) is 0 Å². The van der Waals surface area contributed by atoms with Crippen molar-refractivity contribution in [3.8, 4) is 0 Å². The van der Waals surface area contributed by atoms with E-state index in [-0.39, 0.29) is 30.1 Å². The van der Waals surface area contributed by atoms with Gasteiger partial charge in [0, 0.05) is 23.6 Å². The Morgan fingerprint density at radius 3 is 2.65 bits per heavy atom. The summed E-state index contributed by atoms with van der Waals surface area (Å²) < 4.78 is 44.7. The SMILES string of the molecule is CC1(C)C2OCCCC2C1(N)C(=O)Nc1ccc(Cl)c(C(F)(F)F)c1.Cl.